The van der Waals surface area contributed by atoms with E-state index in [2.05, 4.69) is 9.82 Å². The number of aliphatic carboxylic acids is 1. The van der Waals surface area contributed by atoms with Crippen molar-refractivity contribution in [2.45, 2.75) is 25.2 Å². The van der Waals surface area contributed by atoms with Crippen LogP contribution in [0.25, 0.3) is 5.57 Å². The number of benzene rings is 1. The third-order valence-electron chi connectivity index (χ3n) is 3.49. The first-order valence-corrected chi connectivity index (χ1v) is 7.22. The van der Waals surface area contributed by atoms with E-state index < -0.39 is 23.8 Å². The number of allylic oxidation sites excluding steroid dienone is 1. The molecule has 2 rings (SSSR count). The second kappa shape index (κ2) is 7.95. The fourth-order valence-corrected chi connectivity index (χ4v) is 2.21. The van der Waals surface area contributed by atoms with Crippen molar-refractivity contribution in [1.82, 2.24) is 9.55 Å². The smallest absolute Gasteiger partial charge is 0.416 e. The van der Waals surface area contributed by atoms with Gasteiger partial charge in [-0.05, 0) is 23.3 Å². The highest BCUT2D eigenvalue weighted by atomic mass is 19.4. The van der Waals surface area contributed by atoms with Crippen molar-refractivity contribution in [1.29, 1.82) is 0 Å². The molecule has 1 atom stereocenters. The molecule has 0 aliphatic heterocycles. The van der Waals surface area contributed by atoms with Gasteiger partial charge in [0, 0.05) is 25.4 Å². The first-order valence-electron chi connectivity index (χ1n) is 7.22. The summed E-state index contributed by atoms with van der Waals surface area (Å²) in [6, 6.07) is 4.81. The second-order valence-electron chi connectivity index (χ2n) is 5.24. The number of carboxylic acid groups (broad SMARTS) is 1. The molecule has 1 heterocycles. The molecule has 3 N–H and O–H groups in total. The zero-order chi connectivity index (χ0) is 18.4. The number of imidazole rings is 1. The highest BCUT2D eigenvalue weighted by Crippen LogP contribution is 2.31. The molecule has 1 aromatic carbocycles. The number of rotatable bonds is 7. The monoisotopic (exact) mass is 355 g/mol. The lowest BCUT2D eigenvalue weighted by molar-refractivity contribution is -0.150. The molecule has 6 nitrogen and oxygen atoms in total. The van der Waals surface area contributed by atoms with Gasteiger partial charge in [-0.3, -0.25) is 4.84 Å². The minimum absolute atomic E-state index is 0.0912. The van der Waals surface area contributed by atoms with E-state index in [0.29, 0.717) is 11.1 Å². The first-order chi connectivity index (χ1) is 11.8. The van der Waals surface area contributed by atoms with Crippen LogP contribution >= 0.6 is 0 Å². The van der Waals surface area contributed by atoms with Crippen molar-refractivity contribution in [3.05, 3.63) is 60.2 Å². The van der Waals surface area contributed by atoms with Crippen molar-refractivity contribution in [2.75, 3.05) is 0 Å². The number of hydrogen-bond acceptors (Lipinski definition) is 4. The predicted molar refractivity (Wildman–Crippen MR) is 83.0 cm³/mol. The van der Waals surface area contributed by atoms with E-state index in [-0.39, 0.29) is 13.0 Å². The minimum Gasteiger partial charge on any atom is -0.479 e. The summed E-state index contributed by atoms with van der Waals surface area (Å²) in [6.45, 7) is 0.220. The molecular formula is C16H16F3N3O3. The number of aromatic nitrogens is 2. The van der Waals surface area contributed by atoms with Gasteiger partial charge in [0.1, 0.15) is 0 Å². The van der Waals surface area contributed by atoms with Crippen LogP contribution in [0.4, 0.5) is 13.2 Å². The molecule has 0 spiro atoms. The van der Waals surface area contributed by atoms with E-state index in [1.807, 2.05) is 0 Å². The molecule has 0 aliphatic rings. The summed E-state index contributed by atoms with van der Waals surface area (Å²) in [5.74, 6) is 3.68. The van der Waals surface area contributed by atoms with Crippen LogP contribution in [-0.4, -0.2) is 26.7 Å². The van der Waals surface area contributed by atoms with Crippen LogP contribution in [0.5, 0.6) is 0 Å². The standard InChI is InChI=1S/C16H16F3N3O3/c17-16(18,19)13-3-1-2-11(8-13)12(9-22-7-6-21-10-22)4-5-14(25-20)15(23)24/h1-4,6-8,10,14H,5,9,20H2,(H,23,24)/b12-4+. The predicted octanol–water partition coefficient (Wildman–Crippen LogP) is 2.72. The van der Waals surface area contributed by atoms with Crippen LogP contribution in [0.3, 0.4) is 0 Å². The highest BCUT2D eigenvalue weighted by Gasteiger charge is 2.30. The Morgan fingerprint density at radius 2 is 2.20 bits per heavy atom. The molecule has 2 aromatic rings. The minimum atomic E-state index is -4.47. The molecule has 1 aromatic heterocycles. The Hall–Kier alpha value is -2.65. The Labute approximate surface area is 141 Å². The van der Waals surface area contributed by atoms with E-state index >= 15 is 0 Å². The maximum absolute atomic E-state index is 12.9. The van der Waals surface area contributed by atoms with Gasteiger partial charge in [-0.25, -0.2) is 15.7 Å². The molecule has 0 radical (unpaired) electrons. The van der Waals surface area contributed by atoms with E-state index in [0.717, 1.165) is 12.1 Å². The van der Waals surface area contributed by atoms with E-state index in [4.69, 9.17) is 11.0 Å². The lowest BCUT2D eigenvalue weighted by Crippen LogP contribution is -2.26. The molecule has 9 heteroatoms. The Morgan fingerprint density at radius 1 is 1.44 bits per heavy atom. The number of nitrogens with two attached hydrogens (primary N) is 1. The lowest BCUT2D eigenvalue weighted by Gasteiger charge is -2.14. The number of carboxylic acids is 1. The molecule has 0 saturated carbocycles. The average Bonchev–Trinajstić information content (AvgIpc) is 3.06. The van der Waals surface area contributed by atoms with E-state index in [1.165, 1.54) is 30.7 Å². The quantitative estimate of drug-likeness (QED) is 0.746. The van der Waals surface area contributed by atoms with Gasteiger partial charge in [0.25, 0.3) is 0 Å². The molecular weight excluding hydrogens is 339 g/mol. The Morgan fingerprint density at radius 3 is 2.76 bits per heavy atom. The molecule has 0 aliphatic carbocycles. The summed E-state index contributed by atoms with van der Waals surface area (Å²) in [5, 5.41) is 8.97. The largest absolute Gasteiger partial charge is 0.479 e. The number of alkyl halides is 3. The molecule has 0 fully saturated rings. The molecule has 0 saturated heterocycles. The number of halogens is 3. The van der Waals surface area contributed by atoms with Crippen molar-refractivity contribution < 1.29 is 27.9 Å². The fraction of sp³-hybridized carbons (Fsp3) is 0.250. The van der Waals surface area contributed by atoms with Gasteiger partial charge in [-0.1, -0.05) is 18.2 Å². The second-order valence-corrected chi connectivity index (χ2v) is 5.24. The van der Waals surface area contributed by atoms with Crippen LogP contribution in [0.2, 0.25) is 0 Å². The Balaban J connectivity index is 2.35. The van der Waals surface area contributed by atoms with Crippen LogP contribution < -0.4 is 5.90 Å². The van der Waals surface area contributed by atoms with Gasteiger partial charge in [-0.15, -0.1) is 0 Å². The van der Waals surface area contributed by atoms with Gasteiger partial charge in [0.15, 0.2) is 6.10 Å². The molecule has 1 unspecified atom stereocenters. The number of hydrogen-bond donors (Lipinski definition) is 2. The fourth-order valence-electron chi connectivity index (χ4n) is 2.21. The topological polar surface area (TPSA) is 90.4 Å². The van der Waals surface area contributed by atoms with Crippen molar-refractivity contribution in [3.8, 4) is 0 Å². The van der Waals surface area contributed by atoms with Gasteiger partial charge in [0.2, 0.25) is 0 Å². The van der Waals surface area contributed by atoms with Crippen molar-refractivity contribution in [2.24, 2.45) is 5.90 Å². The van der Waals surface area contributed by atoms with Crippen molar-refractivity contribution >= 4 is 11.5 Å². The summed E-state index contributed by atoms with van der Waals surface area (Å²) in [5.41, 5.74) is 0.0310. The summed E-state index contributed by atoms with van der Waals surface area (Å²) >= 11 is 0. The molecule has 0 amide bonds. The summed E-state index contributed by atoms with van der Waals surface area (Å²) in [4.78, 5) is 19.2. The summed E-state index contributed by atoms with van der Waals surface area (Å²) in [7, 11) is 0. The van der Waals surface area contributed by atoms with E-state index in [1.54, 1.807) is 10.8 Å². The molecule has 134 valence electrons. The average molecular weight is 355 g/mol. The molecule has 0 bridgehead atoms. The maximum Gasteiger partial charge on any atom is 0.416 e. The van der Waals surface area contributed by atoms with Gasteiger partial charge < -0.3 is 9.67 Å². The molecule has 25 heavy (non-hydrogen) atoms. The normalized spacial score (nSPS) is 13.7. The van der Waals surface area contributed by atoms with E-state index in [9.17, 15) is 18.0 Å². The van der Waals surface area contributed by atoms with Crippen molar-refractivity contribution in [3.63, 3.8) is 0 Å². The highest BCUT2D eigenvalue weighted by molar-refractivity contribution is 5.73. The lowest BCUT2D eigenvalue weighted by atomic mass is 10.0. The van der Waals surface area contributed by atoms with Gasteiger partial charge >= 0.3 is 12.1 Å². The van der Waals surface area contributed by atoms with Crippen LogP contribution in [0.15, 0.2) is 49.1 Å². The summed E-state index contributed by atoms with van der Waals surface area (Å²) in [6.07, 6.45) is 0.342. The third kappa shape index (κ3) is 5.16. The zero-order valence-electron chi connectivity index (χ0n) is 13.0. The van der Waals surface area contributed by atoms with Crippen LogP contribution in [0.1, 0.15) is 17.5 Å². The zero-order valence-corrected chi connectivity index (χ0v) is 13.0. The Bertz CT molecular complexity index is 743. The Kier molecular flexibility index (Phi) is 5.94. The maximum atomic E-state index is 12.9. The number of carbonyl (C=O) groups is 1. The van der Waals surface area contributed by atoms with Crippen LogP contribution in [-0.2, 0) is 22.4 Å². The van der Waals surface area contributed by atoms with Gasteiger partial charge in [0.05, 0.1) is 11.9 Å². The number of nitrogens with zero attached hydrogens (tertiary/aromatic N) is 2. The first kappa shape index (κ1) is 18.7. The van der Waals surface area contributed by atoms with Gasteiger partial charge in [-0.2, -0.15) is 13.2 Å². The third-order valence-corrected chi connectivity index (χ3v) is 3.49. The summed E-state index contributed by atoms with van der Waals surface area (Å²) < 4.78 is 40.5. The SMILES string of the molecule is NOC(C/C=C(\Cn1ccnc1)c1cccc(C(F)(F)F)c1)C(=O)O. The van der Waals surface area contributed by atoms with Crippen LogP contribution in [0, 0.1) is 0 Å².